The molecule has 2 unspecified atom stereocenters. The fourth-order valence-corrected chi connectivity index (χ4v) is 2.68. The van der Waals surface area contributed by atoms with Crippen molar-refractivity contribution < 1.29 is 14.9 Å². The lowest BCUT2D eigenvalue weighted by Crippen LogP contribution is -2.33. The maximum absolute atomic E-state index is 10.5. The van der Waals surface area contributed by atoms with Gasteiger partial charge in [-0.05, 0) is 35.4 Å². The fraction of sp³-hybridized carbons (Fsp3) is 0.438. The van der Waals surface area contributed by atoms with Crippen molar-refractivity contribution in [1.29, 1.82) is 0 Å². The highest BCUT2D eigenvalue weighted by atomic mass is 16.5. The molecule has 0 spiro atoms. The van der Waals surface area contributed by atoms with Crippen molar-refractivity contribution in [3.8, 4) is 0 Å². The van der Waals surface area contributed by atoms with E-state index in [0.29, 0.717) is 18.7 Å². The largest absolute Gasteiger partial charge is 0.396 e. The lowest BCUT2D eigenvalue weighted by molar-refractivity contribution is 0.0656. The first-order valence-corrected chi connectivity index (χ1v) is 7.23. The number of nitroso groups, excluding NO2 is 1. The van der Waals surface area contributed by atoms with Gasteiger partial charge < -0.3 is 14.9 Å². The van der Waals surface area contributed by atoms with Gasteiger partial charge in [-0.15, -0.1) is 4.91 Å². The normalized spacial score (nSPS) is 21.2. The summed E-state index contributed by atoms with van der Waals surface area (Å²) in [6, 6.07) is 6.90. The predicted molar refractivity (Wildman–Crippen MR) is 84.3 cm³/mol. The number of aliphatic imine (C=N–C) groups is 1. The van der Waals surface area contributed by atoms with Crippen molar-refractivity contribution in [2.45, 2.75) is 12.0 Å². The Morgan fingerprint density at radius 3 is 2.55 bits per heavy atom. The van der Waals surface area contributed by atoms with E-state index in [4.69, 9.17) is 9.84 Å². The van der Waals surface area contributed by atoms with Crippen molar-refractivity contribution in [3.05, 3.63) is 46.9 Å². The second-order valence-corrected chi connectivity index (χ2v) is 5.10. The van der Waals surface area contributed by atoms with Crippen LogP contribution < -0.4 is 0 Å². The van der Waals surface area contributed by atoms with Crippen LogP contribution in [0.3, 0.4) is 0 Å². The lowest BCUT2D eigenvalue weighted by atomic mass is 9.77. The average molecular weight is 304 g/mol. The third kappa shape index (κ3) is 3.47. The molecule has 0 amide bonds. The minimum atomic E-state index is -0.654. The first-order chi connectivity index (χ1) is 10.8. The minimum Gasteiger partial charge on any atom is -0.396 e. The number of hydrogen-bond donors (Lipinski definition) is 2. The van der Waals surface area contributed by atoms with Crippen LogP contribution in [-0.4, -0.2) is 42.9 Å². The second-order valence-electron chi connectivity index (χ2n) is 5.10. The molecule has 1 aromatic rings. The van der Waals surface area contributed by atoms with E-state index in [1.54, 1.807) is 30.5 Å². The number of aliphatic hydroxyl groups is 2. The maximum atomic E-state index is 10.5. The molecule has 6 nitrogen and oxygen atoms in total. The van der Waals surface area contributed by atoms with Gasteiger partial charge in [0, 0.05) is 25.3 Å². The highest BCUT2D eigenvalue weighted by Crippen LogP contribution is 2.40. The SMILES string of the molecule is O=Nc1ccc(C2(C(CO)CCOCCO)C=CC=N2)cc1. The Balaban J connectivity index is 2.20. The smallest absolute Gasteiger partial charge is 0.109 e. The van der Waals surface area contributed by atoms with Crippen LogP contribution in [0.1, 0.15) is 12.0 Å². The Kier molecular flexibility index (Phi) is 5.94. The molecule has 0 bridgehead atoms. The van der Waals surface area contributed by atoms with Crippen molar-refractivity contribution in [2.75, 3.05) is 26.4 Å². The molecule has 0 radical (unpaired) electrons. The van der Waals surface area contributed by atoms with Gasteiger partial charge >= 0.3 is 0 Å². The van der Waals surface area contributed by atoms with Crippen molar-refractivity contribution >= 4 is 11.9 Å². The zero-order valence-electron chi connectivity index (χ0n) is 12.3. The average Bonchev–Trinajstić information content (AvgIpc) is 3.06. The fourth-order valence-electron chi connectivity index (χ4n) is 2.68. The molecule has 1 aliphatic heterocycles. The van der Waals surface area contributed by atoms with E-state index < -0.39 is 5.54 Å². The standard InChI is InChI=1S/C16H20N2O4/c19-9-11-22-10-6-14(12-20)16(7-1-8-17-16)13-2-4-15(18-21)5-3-13/h1-5,7-8,14,19-20H,6,9-12H2. The van der Waals surface area contributed by atoms with Crippen molar-refractivity contribution in [1.82, 2.24) is 0 Å². The van der Waals surface area contributed by atoms with Gasteiger partial charge in [-0.3, -0.25) is 4.99 Å². The van der Waals surface area contributed by atoms with Gasteiger partial charge in [0.15, 0.2) is 0 Å². The van der Waals surface area contributed by atoms with Crippen LogP contribution in [0.5, 0.6) is 0 Å². The Morgan fingerprint density at radius 2 is 2.00 bits per heavy atom. The van der Waals surface area contributed by atoms with Crippen LogP contribution in [0.15, 0.2) is 46.6 Å². The van der Waals surface area contributed by atoms with E-state index in [0.717, 1.165) is 5.56 Å². The summed E-state index contributed by atoms with van der Waals surface area (Å²) in [5.74, 6) is -0.156. The lowest BCUT2D eigenvalue weighted by Gasteiger charge is -2.33. The van der Waals surface area contributed by atoms with Crippen LogP contribution in [0, 0.1) is 10.8 Å². The zero-order valence-corrected chi connectivity index (χ0v) is 12.3. The highest BCUT2D eigenvalue weighted by Gasteiger charge is 2.38. The summed E-state index contributed by atoms with van der Waals surface area (Å²) in [6.07, 6.45) is 6.11. The molecular weight excluding hydrogens is 284 g/mol. The molecule has 1 aliphatic rings. The van der Waals surface area contributed by atoms with Crippen LogP contribution in [0.2, 0.25) is 0 Å². The summed E-state index contributed by atoms with van der Waals surface area (Å²) in [7, 11) is 0. The molecule has 0 aromatic heterocycles. The Bertz CT molecular complexity index is 528. The molecule has 2 atom stereocenters. The summed E-state index contributed by atoms with van der Waals surface area (Å²) < 4.78 is 5.30. The third-order valence-corrected chi connectivity index (χ3v) is 3.85. The Morgan fingerprint density at radius 1 is 1.23 bits per heavy atom. The molecule has 0 saturated carbocycles. The van der Waals surface area contributed by atoms with Gasteiger partial charge in [0.2, 0.25) is 0 Å². The van der Waals surface area contributed by atoms with E-state index in [1.807, 2.05) is 12.2 Å². The van der Waals surface area contributed by atoms with E-state index in [2.05, 4.69) is 10.2 Å². The minimum absolute atomic E-state index is 0.0207. The van der Waals surface area contributed by atoms with Crippen LogP contribution in [0.25, 0.3) is 0 Å². The molecule has 2 N–H and O–H groups in total. The molecule has 0 saturated heterocycles. The van der Waals surface area contributed by atoms with Crippen LogP contribution >= 0.6 is 0 Å². The Hall–Kier alpha value is -1.89. The van der Waals surface area contributed by atoms with E-state index >= 15 is 0 Å². The number of ether oxygens (including phenoxy) is 1. The number of benzene rings is 1. The number of aliphatic hydroxyl groups excluding tert-OH is 2. The topological polar surface area (TPSA) is 91.5 Å². The first kappa shape index (κ1) is 16.5. The number of allylic oxidation sites excluding steroid dienone is 1. The predicted octanol–water partition coefficient (Wildman–Crippen LogP) is 1.93. The summed E-state index contributed by atoms with van der Waals surface area (Å²) in [4.78, 5) is 15.1. The van der Waals surface area contributed by atoms with Gasteiger partial charge in [0.25, 0.3) is 0 Å². The quantitative estimate of drug-likeness (QED) is 0.538. The first-order valence-electron chi connectivity index (χ1n) is 7.23. The zero-order chi connectivity index (χ0) is 15.8. The van der Waals surface area contributed by atoms with Crippen molar-refractivity contribution in [2.24, 2.45) is 16.1 Å². The van der Waals surface area contributed by atoms with E-state index in [-0.39, 0.29) is 25.7 Å². The molecule has 6 heteroatoms. The van der Waals surface area contributed by atoms with Gasteiger partial charge in [-0.25, -0.2) is 0 Å². The van der Waals surface area contributed by atoms with Gasteiger partial charge in [0.1, 0.15) is 11.2 Å². The Labute approximate surface area is 129 Å². The molecule has 0 fully saturated rings. The van der Waals surface area contributed by atoms with Gasteiger partial charge in [-0.2, -0.15) is 0 Å². The molecule has 0 aliphatic carbocycles. The maximum Gasteiger partial charge on any atom is 0.109 e. The number of hydrogen-bond acceptors (Lipinski definition) is 6. The number of rotatable bonds is 9. The van der Waals surface area contributed by atoms with Crippen LogP contribution in [-0.2, 0) is 10.3 Å². The van der Waals surface area contributed by atoms with Crippen molar-refractivity contribution in [3.63, 3.8) is 0 Å². The van der Waals surface area contributed by atoms with Gasteiger partial charge in [0.05, 0.1) is 13.2 Å². The molecule has 118 valence electrons. The summed E-state index contributed by atoms with van der Waals surface area (Å²) in [6.45, 7) is 0.653. The molecule has 1 aromatic carbocycles. The summed E-state index contributed by atoms with van der Waals surface area (Å²) in [5.41, 5.74) is 0.599. The molecule has 2 rings (SSSR count). The summed E-state index contributed by atoms with van der Waals surface area (Å²) >= 11 is 0. The second kappa shape index (κ2) is 7.93. The number of nitrogens with zero attached hydrogens (tertiary/aromatic N) is 2. The molecular formula is C16H20N2O4. The van der Waals surface area contributed by atoms with Gasteiger partial charge in [-0.1, -0.05) is 18.2 Å². The van der Waals surface area contributed by atoms with E-state index in [1.165, 1.54) is 0 Å². The van der Waals surface area contributed by atoms with E-state index in [9.17, 15) is 10.0 Å². The molecule has 22 heavy (non-hydrogen) atoms. The highest BCUT2D eigenvalue weighted by molar-refractivity contribution is 5.76. The summed E-state index contributed by atoms with van der Waals surface area (Å²) in [5, 5.41) is 21.4. The monoisotopic (exact) mass is 304 g/mol. The molecule has 1 heterocycles. The van der Waals surface area contributed by atoms with Crippen LogP contribution in [0.4, 0.5) is 5.69 Å². The third-order valence-electron chi connectivity index (χ3n) is 3.85.